The van der Waals surface area contributed by atoms with E-state index in [4.69, 9.17) is 0 Å². The summed E-state index contributed by atoms with van der Waals surface area (Å²) >= 11 is 0. The fraction of sp³-hybridized carbons (Fsp3) is 0.231. The first-order valence-electron chi connectivity index (χ1n) is 5.98. The first-order valence-corrected chi connectivity index (χ1v) is 5.98. The average Bonchev–Trinajstić information content (AvgIpc) is 2.81. The van der Waals surface area contributed by atoms with E-state index in [9.17, 15) is 14.9 Å². The van der Waals surface area contributed by atoms with Crippen LogP contribution in [0.5, 0.6) is 0 Å². The molecule has 0 atom stereocenters. The van der Waals surface area contributed by atoms with Crippen LogP contribution in [0.25, 0.3) is 0 Å². The molecular formula is C13H14N4O3. The highest BCUT2D eigenvalue weighted by molar-refractivity contribution is 5.96. The van der Waals surface area contributed by atoms with Crippen molar-refractivity contribution in [3.63, 3.8) is 0 Å². The average molecular weight is 274 g/mol. The SMILES string of the molecule is Cc1c(C(=O)NCc2cnn(C)c2)cccc1[N+](=O)[O-]. The molecule has 7 heteroatoms. The van der Waals surface area contributed by atoms with Gasteiger partial charge < -0.3 is 5.32 Å². The number of aryl methyl sites for hydroxylation is 1. The predicted octanol–water partition coefficient (Wildman–Crippen LogP) is 1.57. The number of hydrogen-bond donors (Lipinski definition) is 1. The van der Waals surface area contributed by atoms with Crippen molar-refractivity contribution in [3.8, 4) is 0 Å². The van der Waals surface area contributed by atoms with Gasteiger partial charge in [0.25, 0.3) is 11.6 Å². The third-order valence-electron chi connectivity index (χ3n) is 2.96. The maximum Gasteiger partial charge on any atom is 0.273 e. The van der Waals surface area contributed by atoms with Crippen LogP contribution in [0.2, 0.25) is 0 Å². The molecule has 20 heavy (non-hydrogen) atoms. The van der Waals surface area contributed by atoms with E-state index >= 15 is 0 Å². The monoisotopic (exact) mass is 274 g/mol. The van der Waals surface area contributed by atoms with E-state index in [1.807, 2.05) is 0 Å². The van der Waals surface area contributed by atoms with E-state index < -0.39 is 4.92 Å². The maximum absolute atomic E-state index is 12.1. The molecule has 0 spiro atoms. The second-order valence-corrected chi connectivity index (χ2v) is 4.41. The van der Waals surface area contributed by atoms with Crippen molar-refractivity contribution >= 4 is 11.6 Å². The molecule has 1 aromatic carbocycles. The number of aromatic nitrogens is 2. The normalized spacial score (nSPS) is 10.3. The number of carbonyl (C=O) groups is 1. The summed E-state index contributed by atoms with van der Waals surface area (Å²) in [6, 6.07) is 4.46. The standard InChI is InChI=1S/C13H14N4O3/c1-9-11(4-3-5-12(9)17(19)20)13(18)14-6-10-7-15-16(2)8-10/h3-5,7-8H,6H2,1-2H3,(H,14,18). The zero-order chi connectivity index (χ0) is 14.7. The summed E-state index contributed by atoms with van der Waals surface area (Å²) in [5.41, 5.74) is 1.48. The highest BCUT2D eigenvalue weighted by Crippen LogP contribution is 2.20. The summed E-state index contributed by atoms with van der Waals surface area (Å²) in [5, 5.41) is 17.6. The Balaban J connectivity index is 2.13. The van der Waals surface area contributed by atoms with E-state index in [1.54, 1.807) is 37.1 Å². The highest BCUT2D eigenvalue weighted by Gasteiger charge is 2.17. The molecule has 2 aromatic rings. The Hall–Kier alpha value is -2.70. The number of amides is 1. The van der Waals surface area contributed by atoms with Crippen molar-refractivity contribution in [2.45, 2.75) is 13.5 Å². The molecule has 104 valence electrons. The van der Waals surface area contributed by atoms with E-state index in [1.165, 1.54) is 12.1 Å². The van der Waals surface area contributed by atoms with E-state index in [-0.39, 0.29) is 11.6 Å². The maximum atomic E-state index is 12.1. The molecule has 1 N–H and O–H groups in total. The molecule has 7 nitrogen and oxygen atoms in total. The summed E-state index contributed by atoms with van der Waals surface area (Å²) in [7, 11) is 1.79. The number of benzene rings is 1. The van der Waals surface area contributed by atoms with Crippen LogP contribution < -0.4 is 5.32 Å². The quantitative estimate of drug-likeness (QED) is 0.676. The van der Waals surface area contributed by atoms with Gasteiger partial charge >= 0.3 is 0 Å². The van der Waals surface area contributed by atoms with Gasteiger partial charge in [0, 0.05) is 42.5 Å². The molecule has 0 radical (unpaired) electrons. The highest BCUT2D eigenvalue weighted by atomic mass is 16.6. The van der Waals surface area contributed by atoms with Crippen LogP contribution in [0, 0.1) is 17.0 Å². The van der Waals surface area contributed by atoms with Crippen LogP contribution in [0.15, 0.2) is 30.6 Å². The third-order valence-corrected chi connectivity index (χ3v) is 2.96. The van der Waals surface area contributed by atoms with Gasteiger partial charge in [0.2, 0.25) is 0 Å². The van der Waals surface area contributed by atoms with Gasteiger partial charge in [0.15, 0.2) is 0 Å². The zero-order valence-electron chi connectivity index (χ0n) is 11.2. The Morgan fingerprint density at radius 3 is 2.85 bits per heavy atom. The molecule has 1 aromatic heterocycles. The molecule has 0 unspecified atom stereocenters. The van der Waals surface area contributed by atoms with Crippen molar-refractivity contribution in [1.82, 2.24) is 15.1 Å². The van der Waals surface area contributed by atoms with Gasteiger partial charge in [-0.05, 0) is 13.0 Å². The lowest BCUT2D eigenvalue weighted by atomic mass is 10.1. The molecule has 0 saturated carbocycles. The second-order valence-electron chi connectivity index (χ2n) is 4.41. The number of nitrogens with one attached hydrogen (secondary N) is 1. The predicted molar refractivity (Wildman–Crippen MR) is 72.2 cm³/mol. The topological polar surface area (TPSA) is 90.1 Å². The fourth-order valence-electron chi connectivity index (χ4n) is 1.91. The largest absolute Gasteiger partial charge is 0.348 e. The van der Waals surface area contributed by atoms with Crippen molar-refractivity contribution in [1.29, 1.82) is 0 Å². The van der Waals surface area contributed by atoms with Crippen LogP contribution in [0.1, 0.15) is 21.5 Å². The van der Waals surface area contributed by atoms with Gasteiger partial charge in [-0.1, -0.05) is 6.07 Å². The smallest absolute Gasteiger partial charge is 0.273 e. The number of nitro groups is 1. The Bertz CT molecular complexity index is 663. The molecule has 0 saturated heterocycles. The van der Waals surface area contributed by atoms with Crippen LogP contribution in [-0.4, -0.2) is 20.6 Å². The van der Waals surface area contributed by atoms with Crippen molar-refractivity contribution < 1.29 is 9.72 Å². The second kappa shape index (κ2) is 5.52. The Labute approximate surface area is 115 Å². The Morgan fingerprint density at radius 2 is 2.25 bits per heavy atom. The van der Waals surface area contributed by atoms with Gasteiger partial charge in [-0.2, -0.15) is 5.10 Å². The summed E-state index contributed by atoms with van der Waals surface area (Å²) in [4.78, 5) is 22.4. The molecule has 0 aliphatic rings. The van der Waals surface area contributed by atoms with E-state index in [0.29, 0.717) is 17.7 Å². The Kier molecular flexibility index (Phi) is 3.79. The molecule has 1 heterocycles. The number of hydrogen-bond acceptors (Lipinski definition) is 4. The van der Waals surface area contributed by atoms with Crippen LogP contribution in [0.4, 0.5) is 5.69 Å². The molecule has 0 fully saturated rings. The number of nitrogens with zero attached hydrogens (tertiary/aromatic N) is 3. The number of carbonyl (C=O) groups excluding carboxylic acids is 1. The van der Waals surface area contributed by atoms with Gasteiger partial charge in [-0.15, -0.1) is 0 Å². The summed E-state index contributed by atoms with van der Waals surface area (Å²) in [6.07, 6.45) is 3.45. The first-order chi connectivity index (χ1) is 9.49. The molecule has 0 bridgehead atoms. The minimum Gasteiger partial charge on any atom is -0.348 e. The van der Waals surface area contributed by atoms with E-state index in [2.05, 4.69) is 10.4 Å². The van der Waals surface area contributed by atoms with Crippen LogP contribution in [-0.2, 0) is 13.6 Å². The Morgan fingerprint density at radius 1 is 1.50 bits per heavy atom. The lowest BCUT2D eigenvalue weighted by Gasteiger charge is -2.06. The molecule has 2 rings (SSSR count). The van der Waals surface area contributed by atoms with Gasteiger partial charge in [-0.3, -0.25) is 19.6 Å². The van der Waals surface area contributed by atoms with Crippen molar-refractivity contribution in [2.75, 3.05) is 0 Å². The van der Waals surface area contributed by atoms with Crippen molar-refractivity contribution in [3.05, 3.63) is 57.4 Å². The summed E-state index contributed by atoms with van der Waals surface area (Å²) in [5.74, 6) is -0.338. The molecule has 0 aliphatic heterocycles. The lowest BCUT2D eigenvalue weighted by Crippen LogP contribution is -2.23. The number of rotatable bonds is 4. The summed E-state index contributed by atoms with van der Waals surface area (Å²) < 4.78 is 1.64. The molecule has 1 amide bonds. The van der Waals surface area contributed by atoms with Crippen molar-refractivity contribution in [2.24, 2.45) is 7.05 Å². The minimum absolute atomic E-state index is 0.0565. The molecule has 0 aliphatic carbocycles. The number of nitro benzene ring substituents is 1. The summed E-state index contributed by atoms with van der Waals surface area (Å²) in [6.45, 7) is 1.89. The fourth-order valence-corrected chi connectivity index (χ4v) is 1.91. The van der Waals surface area contributed by atoms with Gasteiger partial charge in [0.1, 0.15) is 0 Å². The van der Waals surface area contributed by atoms with E-state index in [0.717, 1.165) is 5.56 Å². The molecular weight excluding hydrogens is 260 g/mol. The third kappa shape index (κ3) is 2.82. The van der Waals surface area contributed by atoms with Crippen LogP contribution in [0.3, 0.4) is 0 Å². The first kappa shape index (κ1) is 13.7. The van der Waals surface area contributed by atoms with Crippen LogP contribution >= 0.6 is 0 Å². The minimum atomic E-state index is -0.493. The van der Waals surface area contributed by atoms with Gasteiger partial charge in [-0.25, -0.2) is 0 Å². The van der Waals surface area contributed by atoms with Gasteiger partial charge in [0.05, 0.1) is 11.1 Å². The lowest BCUT2D eigenvalue weighted by molar-refractivity contribution is -0.385. The zero-order valence-corrected chi connectivity index (χ0v) is 11.2.